The van der Waals surface area contributed by atoms with Crippen molar-refractivity contribution < 1.29 is 19.5 Å². The number of rotatable bonds is 0. The molecule has 1 aliphatic rings. The van der Waals surface area contributed by atoms with Crippen LogP contribution in [0.15, 0.2) is 48.5 Å². The van der Waals surface area contributed by atoms with E-state index in [0.29, 0.717) is 0 Å². The Hall–Kier alpha value is -0.664. The maximum atomic E-state index is 2.35. The van der Waals surface area contributed by atoms with Gasteiger partial charge in [0.15, 0.2) is 0 Å². The van der Waals surface area contributed by atoms with Crippen molar-refractivity contribution in [2.24, 2.45) is 0 Å². The fourth-order valence-electron chi connectivity index (χ4n) is 3.34. The molecule has 0 nitrogen and oxygen atoms in total. The molecule has 0 bridgehead atoms. The van der Waals surface area contributed by atoms with Crippen LogP contribution in [0.2, 0.25) is 0 Å². The maximum absolute atomic E-state index is 2.35. The van der Waals surface area contributed by atoms with Crippen molar-refractivity contribution in [3.63, 3.8) is 0 Å². The Bertz CT molecular complexity index is 749. The molecule has 0 aromatic heterocycles. The molecule has 3 radical (unpaired) electrons. The predicted octanol–water partition coefficient (Wildman–Crippen LogP) is 4.49. The fourth-order valence-corrected chi connectivity index (χ4v) is 3.34. The molecular weight excluding hydrogens is 309 g/mol. The summed E-state index contributed by atoms with van der Waals surface area (Å²) in [6, 6.07) is 18.0. The van der Waals surface area contributed by atoms with Gasteiger partial charge in [-0.15, -0.1) is 0 Å². The van der Waals surface area contributed by atoms with E-state index in [1.165, 1.54) is 47.2 Å². The SMILES string of the molecule is [Al].[Zn].c1ccc2c(c1)ccc1c3c(ccc12)CCCC3. The molecular formula is C18H16AlZn. The van der Waals surface area contributed by atoms with Crippen molar-refractivity contribution in [1.29, 1.82) is 0 Å². The quantitative estimate of drug-likeness (QED) is 0.422. The van der Waals surface area contributed by atoms with Gasteiger partial charge >= 0.3 is 0 Å². The fraction of sp³-hybridized carbons (Fsp3) is 0.222. The van der Waals surface area contributed by atoms with Crippen LogP contribution in [0.4, 0.5) is 0 Å². The second-order valence-corrected chi connectivity index (χ2v) is 5.29. The van der Waals surface area contributed by atoms with Crippen LogP contribution in [-0.4, -0.2) is 17.4 Å². The first kappa shape index (κ1) is 15.7. The molecule has 0 heterocycles. The number of benzene rings is 3. The first-order valence-electron chi connectivity index (χ1n) is 6.86. The molecule has 3 aromatic rings. The smallest absolute Gasteiger partial charge is 0 e. The molecule has 20 heavy (non-hydrogen) atoms. The molecule has 0 spiro atoms. The molecule has 0 atom stereocenters. The Morgan fingerprint density at radius 2 is 1.40 bits per heavy atom. The van der Waals surface area contributed by atoms with Crippen molar-refractivity contribution in [3.05, 3.63) is 59.7 Å². The number of aryl methyl sites for hydroxylation is 2. The summed E-state index contributed by atoms with van der Waals surface area (Å²) in [7, 11) is 0. The molecule has 1 aliphatic carbocycles. The third kappa shape index (κ3) is 2.46. The van der Waals surface area contributed by atoms with Crippen LogP contribution >= 0.6 is 0 Å². The van der Waals surface area contributed by atoms with Crippen LogP contribution < -0.4 is 0 Å². The Balaban J connectivity index is 0.000000735. The summed E-state index contributed by atoms with van der Waals surface area (Å²) in [5.74, 6) is 0. The molecule has 0 amide bonds. The van der Waals surface area contributed by atoms with Gasteiger partial charge in [-0.25, -0.2) is 0 Å². The maximum Gasteiger partial charge on any atom is 0 e. The largest absolute Gasteiger partial charge is 0.0616 e. The van der Waals surface area contributed by atoms with E-state index in [0.717, 1.165) is 0 Å². The summed E-state index contributed by atoms with van der Waals surface area (Å²) in [4.78, 5) is 0. The van der Waals surface area contributed by atoms with Gasteiger partial charge in [0.05, 0.1) is 0 Å². The van der Waals surface area contributed by atoms with Crippen molar-refractivity contribution >= 4 is 38.9 Å². The summed E-state index contributed by atoms with van der Waals surface area (Å²) in [6.45, 7) is 0. The molecule has 2 heteroatoms. The van der Waals surface area contributed by atoms with E-state index in [1.807, 2.05) is 0 Å². The second-order valence-electron chi connectivity index (χ2n) is 5.29. The van der Waals surface area contributed by atoms with Gasteiger partial charge in [0.25, 0.3) is 0 Å². The van der Waals surface area contributed by atoms with Gasteiger partial charge in [-0.05, 0) is 58.4 Å². The first-order chi connectivity index (χ1) is 8.93. The minimum absolute atomic E-state index is 0. The average molecular weight is 325 g/mol. The van der Waals surface area contributed by atoms with Gasteiger partial charge in [0.2, 0.25) is 0 Å². The van der Waals surface area contributed by atoms with E-state index < -0.39 is 0 Å². The van der Waals surface area contributed by atoms with E-state index in [-0.39, 0.29) is 36.8 Å². The van der Waals surface area contributed by atoms with Gasteiger partial charge in [-0.1, -0.05) is 48.5 Å². The molecule has 0 saturated heterocycles. The molecule has 93 valence electrons. The molecule has 0 N–H and O–H groups in total. The Labute approximate surface area is 143 Å². The predicted molar refractivity (Wildman–Crippen MR) is 83.9 cm³/mol. The monoisotopic (exact) mass is 323 g/mol. The molecule has 0 aliphatic heterocycles. The van der Waals surface area contributed by atoms with E-state index in [4.69, 9.17) is 0 Å². The topological polar surface area (TPSA) is 0 Å². The molecule has 0 unspecified atom stereocenters. The van der Waals surface area contributed by atoms with Crippen molar-refractivity contribution in [1.82, 2.24) is 0 Å². The van der Waals surface area contributed by atoms with Gasteiger partial charge in [-0.2, -0.15) is 0 Å². The van der Waals surface area contributed by atoms with Crippen LogP contribution in [0.3, 0.4) is 0 Å². The van der Waals surface area contributed by atoms with Crippen molar-refractivity contribution in [2.45, 2.75) is 25.7 Å². The summed E-state index contributed by atoms with van der Waals surface area (Å²) in [5, 5.41) is 5.64. The zero-order valence-corrected chi connectivity index (χ0v) is 15.9. The molecule has 4 rings (SSSR count). The van der Waals surface area contributed by atoms with Crippen LogP contribution in [0, 0.1) is 0 Å². The summed E-state index contributed by atoms with van der Waals surface area (Å²) >= 11 is 0. The summed E-state index contributed by atoms with van der Waals surface area (Å²) < 4.78 is 0. The summed E-state index contributed by atoms with van der Waals surface area (Å²) in [5.41, 5.74) is 3.17. The average Bonchev–Trinajstić information content (AvgIpc) is 2.46. The van der Waals surface area contributed by atoms with Crippen LogP contribution in [0.1, 0.15) is 24.0 Å². The second kappa shape index (κ2) is 6.40. The Morgan fingerprint density at radius 3 is 2.30 bits per heavy atom. The normalized spacial score (nSPS) is 13.4. The van der Waals surface area contributed by atoms with Crippen LogP contribution in [-0.2, 0) is 32.3 Å². The number of fused-ring (bicyclic) bond motifs is 5. The van der Waals surface area contributed by atoms with Gasteiger partial charge < -0.3 is 0 Å². The minimum atomic E-state index is 0. The van der Waals surface area contributed by atoms with Crippen molar-refractivity contribution in [2.75, 3.05) is 0 Å². The zero-order valence-electron chi connectivity index (χ0n) is 11.7. The minimum Gasteiger partial charge on any atom is -0.0616 e. The van der Waals surface area contributed by atoms with E-state index in [1.54, 1.807) is 11.1 Å². The number of hydrogen-bond donors (Lipinski definition) is 0. The van der Waals surface area contributed by atoms with Gasteiger partial charge in [-0.3, -0.25) is 0 Å². The van der Waals surface area contributed by atoms with E-state index in [2.05, 4.69) is 48.5 Å². The first-order valence-corrected chi connectivity index (χ1v) is 6.86. The molecule has 0 fully saturated rings. The third-order valence-corrected chi connectivity index (χ3v) is 4.26. The van der Waals surface area contributed by atoms with Gasteiger partial charge in [0.1, 0.15) is 0 Å². The Kier molecular flexibility index (Phi) is 5.03. The van der Waals surface area contributed by atoms with Gasteiger partial charge in [0, 0.05) is 36.8 Å². The number of hydrogen-bond acceptors (Lipinski definition) is 0. The zero-order chi connectivity index (χ0) is 11.9. The third-order valence-electron chi connectivity index (χ3n) is 4.26. The molecule has 3 aromatic carbocycles. The van der Waals surface area contributed by atoms with Crippen LogP contribution in [0.25, 0.3) is 21.5 Å². The van der Waals surface area contributed by atoms with Crippen molar-refractivity contribution in [3.8, 4) is 0 Å². The van der Waals surface area contributed by atoms with E-state index in [9.17, 15) is 0 Å². The summed E-state index contributed by atoms with van der Waals surface area (Å²) in [6.07, 6.45) is 5.22. The standard InChI is InChI=1S/C18H16.Al.Zn/c1-3-7-15-13(5-1)9-11-18-16-8-4-2-6-14(16)10-12-17(15)18;;/h1,3,5,7,9-12H,2,4,6,8H2;;. The van der Waals surface area contributed by atoms with Crippen LogP contribution in [0.5, 0.6) is 0 Å². The molecule has 0 saturated carbocycles. The Morgan fingerprint density at radius 1 is 0.650 bits per heavy atom. The van der Waals surface area contributed by atoms with E-state index >= 15 is 0 Å².